The van der Waals surface area contributed by atoms with Gasteiger partial charge in [0.25, 0.3) is 0 Å². The number of carboxylic acid groups (broad SMARTS) is 1. The number of ether oxygens (including phenoxy) is 2. The van der Waals surface area contributed by atoms with Gasteiger partial charge < -0.3 is 14.6 Å². The number of rotatable bonds is 6. The molecule has 0 atom stereocenters. The number of benzene rings is 1. The van der Waals surface area contributed by atoms with Gasteiger partial charge in [-0.1, -0.05) is 0 Å². The first-order valence-corrected chi connectivity index (χ1v) is 4.99. The van der Waals surface area contributed by atoms with Crippen LogP contribution in [-0.4, -0.2) is 30.9 Å². The van der Waals surface area contributed by atoms with Gasteiger partial charge in [0.1, 0.15) is 6.61 Å². The molecule has 0 aliphatic heterocycles. The third kappa shape index (κ3) is 3.67. The molecule has 0 saturated heterocycles. The minimum absolute atomic E-state index is 0.00586. The molecule has 17 heavy (non-hydrogen) atoms. The fraction of sp³-hybridized carbons (Fsp3) is 0.364. The second-order valence-corrected chi connectivity index (χ2v) is 3.12. The van der Waals surface area contributed by atoms with Crippen molar-refractivity contribution in [2.75, 3.05) is 19.8 Å². The lowest BCUT2D eigenvalue weighted by Crippen LogP contribution is -2.09. The zero-order chi connectivity index (χ0) is 12.8. The smallest absolute Gasteiger partial charge is 0.335 e. The van der Waals surface area contributed by atoms with Gasteiger partial charge in [-0.25, -0.2) is 13.6 Å². The third-order valence-electron chi connectivity index (χ3n) is 1.92. The molecule has 1 aromatic rings. The molecule has 0 radical (unpaired) electrons. The van der Waals surface area contributed by atoms with E-state index in [-0.39, 0.29) is 13.2 Å². The molecule has 4 nitrogen and oxygen atoms in total. The Bertz CT molecular complexity index is 383. The first-order chi connectivity index (χ1) is 8.06. The molecule has 0 aliphatic carbocycles. The Balaban J connectivity index is 2.76. The number of aromatic carboxylic acids is 1. The SMILES string of the molecule is CCOCCOc1c(F)cc(C(=O)O)cc1F. The van der Waals surface area contributed by atoms with Crippen LogP contribution in [0.1, 0.15) is 17.3 Å². The molecule has 0 heterocycles. The summed E-state index contributed by atoms with van der Waals surface area (Å²) in [6.45, 7) is 2.46. The van der Waals surface area contributed by atoms with Gasteiger partial charge in [0.15, 0.2) is 17.4 Å². The molecule has 0 unspecified atom stereocenters. The number of hydrogen-bond acceptors (Lipinski definition) is 3. The topological polar surface area (TPSA) is 55.8 Å². The van der Waals surface area contributed by atoms with Crippen LogP contribution in [0.5, 0.6) is 5.75 Å². The largest absolute Gasteiger partial charge is 0.485 e. The van der Waals surface area contributed by atoms with E-state index in [9.17, 15) is 13.6 Å². The lowest BCUT2D eigenvalue weighted by molar-refractivity contribution is 0.0695. The summed E-state index contributed by atoms with van der Waals surface area (Å²) >= 11 is 0. The quantitative estimate of drug-likeness (QED) is 0.781. The molecule has 0 aromatic heterocycles. The van der Waals surface area contributed by atoms with Crippen molar-refractivity contribution in [2.24, 2.45) is 0 Å². The highest BCUT2D eigenvalue weighted by molar-refractivity contribution is 5.87. The van der Waals surface area contributed by atoms with Crippen LogP contribution in [0.4, 0.5) is 8.78 Å². The minimum atomic E-state index is -1.40. The fourth-order valence-electron chi connectivity index (χ4n) is 1.17. The summed E-state index contributed by atoms with van der Waals surface area (Å²) < 4.78 is 36.4. The molecule has 0 fully saturated rings. The summed E-state index contributed by atoms with van der Waals surface area (Å²) in [5, 5.41) is 8.58. The zero-order valence-corrected chi connectivity index (χ0v) is 9.20. The predicted octanol–water partition coefficient (Wildman–Crippen LogP) is 2.08. The van der Waals surface area contributed by atoms with E-state index in [4.69, 9.17) is 14.6 Å². The normalized spacial score (nSPS) is 10.3. The van der Waals surface area contributed by atoms with Crippen molar-refractivity contribution in [3.05, 3.63) is 29.3 Å². The highest BCUT2D eigenvalue weighted by atomic mass is 19.1. The standard InChI is InChI=1S/C11H12F2O4/c1-2-16-3-4-17-10-8(12)5-7(11(14)15)6-9(10)13/h5-6H,2-4H2,1H3,(H,14,15). The summed E-state index contributed by atoms with van der Waals surface area (Å²) in [4.78, 5) is 10.5. The maximum absolute atomic E-state index is 13.3. The van der Waals surface area contributed by atoms with Gasteiger partial charge in [0, 0.05) is 6.61 Å². The van der Waals surface area contributed by atoms with E-state index in [1.807, 2.05) is 0 Å². The number of halogens is 2. The number of carbonyl (C=O) groups is 1. The van der Waals surface area contributed by atoms with E-state index in [1.54, 1.807) is 6.92 Å². The average molecular weight is 246 g/mol. The maximum atomic E-state index is 13.3. The maximum Gasteiger partial charge on any atom is 0.335 e. The van der Waals surface area contributed by atoms with Crippen molar-refractivity contribution in [1.29, 1.82) is 0 Å². The molecule has 1 rings (SSSR count). The second-order valence-electron chi connectivity index (χ2n) is 3.12. The van der Waals surface area contributed by atoms with Crippen molar-refractivity contribution >= 4 is 5.97 Å². The van der Waals surface area contributed by atoms with Gasteiger partial charge in [-0.3, -0.25) is 0 Å². The lowest BCUT2D eigenvalue weighted by Gasteiger charge is -2.08. The molecule has 94 valence electrons. The molecule has 0 amide bonds. The van der Waals surface area contributed by atoms with Crippen LogP contribution < -0.4 is 4.74 Å². The van der Waals surface area contributed by atoms with Gasteiger partial charge in [0.2, 0.25) is 0 Å². The van der Waals surface area contributed by atoms with Crippen molar-refractivity contribution < 1.29 is 28.2 Å². The van der Waals surface area contributed by atoms with E-state index in [2.05, 4.69) is 0 Å². The Kier molecular flexibility index (Phi) is 4.84. The molecular weight excluding hydrogens is 234 g/mol. The molecule has 6 heteroatoms. The van der Waals surface area contributed by atoms with E-state index in [1.165, 1.54) is 0 Å². The highest BCUT2D eigenvalue weighted by Gasteiger charge is 2.15. The van der Waals surface area contributed by atoms with Gasteiger partial charge in [-0.15, -0.1) is 0 Å². The lowest BCUT2D eigenvalue weighted by atomic mass is 10.2. The second kappa shape index (κ2) is 6.15. The number of carboxylic acids is 1. The van der Waals surface area contributed by atoms with Gasteiger partial charge in [-0.05, 0) is 19.1 Å². The highest BCUT2D eigenvalue weighted by Crippen LogP contribution is 2.23. The van der Waals surface area contributed by atoms with Gasteiger partial charge in [0.05, 0.1) is 12.2 Å². The first-order valence-electron chi connectivity index (χ1n) is 4.99. The van der Waals surface area contributed by atoms with E-state index < -0.39 is 28.9 Å². The van der Waals surface area contributed by atoms with Gasteiger partial charge in [-0.2, -0.15) is 0 Å². The first kappa shape index (κ1) is 13.4. The molecule has 1 aromatic carbocycles. The molecule has 0 aliphatic rings. The van der Waals surface area contributed by atoms with Crippen LogP contribution in [0.3, 0.4) is 0 Å². The Labute approximate surface area is 96.8 Å². The van der Waals surface area contributed by atoms with Crippen molar-refractivity contribution in [3.8, 4) is 5.75 Å². The minimum Gasteiger partial charge on any atom is -0.485 e. The fourth-order valence-corrected chi connectivity index (χ4v) is 1.17. The Morgan fingerprint density at radius 1 is 1.29 bits per heavy atom. The Hall–Kier alpha value is -1.69. The molecule has 0 bridgehead atoms. The Morgan fingerprint density at radius 2 is 1.88 bits per heavy atom. The van der Waals surface area contributed by atoms with Crippen LogP contribution in [0, 0.1) is 11.6 Å². The van der Waals surface area contributed by atoms with Crippen molar-refractivity contribution in [3.63, 3.8) is 0 Å². The van der Waals surface area contributed by atoms with Crippen LogP contribution in [-0.2, 0) is 4.74 Å². The van der Waals surface area contributed by atoms with Crippen molar-refractivity contribution in [2.45, 2.75) is 6.92 Å². The van der Waals surface area contributed by atoms with Crippen molar-refractivity contribution in [1.82, 2.24) is 0 Å². The van der Waals surface area contributed by atoms with E-state index >= 15 is 0 Å². The summed E-state index contributed by atoms with van der Waals surface area (Å²) in [5.74, 6) is -4.07. The average Bonchev–Trinajstić information content (AvgIpc) is 2.26. The van der Waals surface area contributed by atoms with Crippen LogP contribution in [0.2, 0.25) is 0 Å². The zero-order valence-electron chi connectivity index (χ0n) is 9.20. The summed E-state index contributed by atoms with van der Waals surface area (Å²) in [5.41, 5.74) is -0.461. The number of hydrogen-bond donors (Lipinski definition) is 1. The van der Waals surface area contributed by atoms with Crippen LogP contribution >= 0.6 is 0 Å². The molecular formula is C11H12F2O4. The van der Waals surface area contributed by atoms with Gasteiger partial charge >= 0.3 is 5.97 Å². The summed E-state index contributed by atoms with van der Waals surface area (Å²) in [6.07, 6.45) is 0. The van der Waals surface area contributed by atoms with E-state index in [0.29, 0.717) is 18.7 Å². The van der Waals surface area contributed by atoms with Crippen LogP contribution in [0.15, 0.2) is 12.1 Å². The monoisotopic (exact) mass is 246 g/mol. The molecule has 0 spiro atoms. The Morgan fingerprint density at radius 3 is 2.35 bits per heavy atom. The summed E-state index contributed by atoms with van der Waals surface area (Å²) in [7, 11) is 0. The van der Waals surface area contributed by atoms with Crippen LogP contribution in [0.25, 0.3) is 0 Å². The third-order valence-corrected chi connectivity index (χ3v) is 1.92. The van der Waals surface area contributed by atoms with E-state index in [0.717, 1.165) is 0 Å². The predicted molar refractivity (Wildman–Crippen MR) is 55.3 cm³/mol. The molecule has 0 saturated carbocycles. The molecule has 1 N–H and O–H groups in total. The summed E-state index contributed by atoms with van der Waals surface area (Å²) in [6, 6.07) is 1.42.